The zero-order valence-corrected chi connectivity index (χ0v) is 17.8. The van der Waals surface area contributed by atoms with Gasteiger partial charge in [-0.2, -0.15) is 10.2 Å². The molecule has 0 atom stereocenters. The lowest BCUT2D eigenvalue weighted by Gasteiger charge is -2.28. The molecule has 4 rings (SSSR count). The van der Waals surface area contributed by atoms with Gasteiger partial charge in [-0.15, -0.1) is 0 Å². The first kappa shape index (κ1) is 21.9. The van der Waals surface area contributed by atoms with Crippen LogP contribution < -0.4 is 15.5 Å². The molecule has 0 saturated carbocycles. The van der Waals surface area contributed by atoms with Gasteiger partial charge in [0.15, 0.2) is 0 Å². The van der Waals surface area contributed by atoms with Crippen LogP contribution >= 0.6 is 0 Å². The normalized spacial score (nSPS) is 13.2. The Bertz CT molecular complexity index is 1140. The van der Waals surface area contributed by atoms with Gasteiger partial charge in [-0.3, -0.25) is 10.1 Å². The number of nitro groups is 1. The number of pyridine rings is 1. The summed E-state index contributed by atoms with van der Waals surface area (Å²) in [6.45, 7) is 3.81. The molecule has 1 aromatic carbocycles. The summed E-state index contributed by atoms with van der Waals surface area (Å²) in [4.78, 5) is 25.8. The second-order valence-corrected chi connectivity index (χ2v) is 7.24. The van der Waals surface area contributed by atoms with Crippen molar-refractivity contribution in [2.45, 2.75) is 0 Å². The molecule has 2 aromatic heterocycles. The van der Waals surface area contributed by atoms with Gasteiger partial charge in [0, 0.05) is 43.9 Å². The van der Waals surface area contributed by atoms with Gasteiger partial charge >= 0.3 is 0 Å². The molecule has 11 nitrogen and oxygen atoms in total. The van der Waals surface area contributed by atoms with Crippen molar-refractivity contribution in [2.75, 3.05) is 54.9 Å². The number of ether oxygens (including phenoxy) is 1. The highest BCUT2D eigenvalue weighted by molar-refractivity contribution is 5.65. The van der Waals surface area contributed by atoms with E-state index in [1.807, 2.05) is 18.2 Å². The third kappa shape index (κ3) is 5.69. The van der Waals surface area contributed by atoms with Crippen molar-refractivity contribution in [1.82, 2.24) is 15.0 Å². The number of hydrogen-bond donors (Lipinski definition) is 2. The molecule has 1 fully saturated rings. The molecule has 3 aromatic rings. The van der Waals surface area contributed by atoms with Crippen LogP contribution in [0, 0.1) is 21.4 Å². The molecule has 0 unspecified atom stereocenters. The molecule has 0 radical (unpaired) electrons. The molecular weight excluding hydrogens is 424 g/mol. The number of rotatable bonds is 8. The van der Waals surface area contributed by atoms with Gasteiger partial charge in [-0.05, 0) is 18.2 Å². The number of nitriles is 1. The Kier molecular flexibility index (Phi) is 6.87. The van der Waals surface area contributed by atoms with Crippen LogP contribution in [0.25, 0.3) is 11.3 Å². The number of anilines is 3. The zero-order chi connectivity index (χ0) is 23.0. The van der Waals surface area contributed by atoms with Crippen molar-refractivity contribution in [3.63, 3.8) is 0 Å². The summed E-state index contributed by atoms with van der Waals surface area (Å²) < 4.78 is 5.45. The minimum absolute atomic E-state index is 0.0534. The first-order valence-corrected chi connectivity index (χ1v) is 10.4. The van der Waals surface area contributed by atoms with E-state index in [-0.39, 0.29) is 5.69 Å². The fourth-order valence-electron chi connectivity index (χ4n) is 3.29. The van der Waals surface area contributed by atoms with Crippen LogP contribution in [-0.4, -0.2) is 59.3 Å². The molecule has 3 heterocycles. The van der Waals surface area contributed by atoms with E-state index >= 15 is 0 Å². The Morgan fingerprint density at radius 1 is 1.09 bits per heavy atom. The summed E-state index contributed by atoms with van der Waals surface area (Å²) in [7, 11) is 0. The molecule has 0 bridgehead atoms. The van der Waals surface area contributed by atoms with Crippen molar-refractivity contribution in [3.05, 3.63) is 64.3 Å². The van der Waals surface area contributed by atoms with E-state index in [4.69, 9.17) is 10.00 Å². The largest absolute Gasteiger partial charge is 0.378 e. The molecule has 2 N–H and O–H groups in total. The van der Waals surface area contributed by atoms with Crippen molar-refractivity contribution < 1.29 is 9.66 Å². The molecule has 0 aliphatic carbocycles. The van der Waals surface area contributed by atoms with Crippen molar-refractivity contribution in [3.8, 4) is 17.3 Å². The average Bonchev–Trinajstić information content (AvgIpc) is 2.87. The zero-order valence-electron chi connectivity index (χ0n) is 17.8. The predicted molar refractivity (Wildman–Crippen MR) is 123 cm³/mol. The van der Waals surface area contributed by atoms with Crippen LogP contribution in [0.4, 0.5) is 23.3 Å². The van der Waals surface area contributed by atoms with Crippen molar-refractivity contribution in [2.24, 2.45) is 0 Å². The minimum atomic E-state index is -0.484. The van der Waals surface area contributed by atoms with E-state index in [1.165, 1.54) is 12.3 Å². The molecule has 0 spiro atoms. The lowest BCUT2D eigenvalue weighted by Crippen LogP contribution is -2.37. The van der Waals surface area contributed by atoms with E-state index < -0.39 is 4.92 Å². The predicted octanol–water partition coefficient (Wildman–Crippen LogP) is 2.68. The van der Waals surface area contributed by atoms with Crippen molar-refractivity contribution >= 4 is 23.3 Å². The van der Waals surface area contributed by atoms with E-state index in [1.54, 1.807) is 18.2 Å². The number of hydrogen-bond acceptors (Lipinski definition) is 10. The summed E-state index contributed by atoms with van der Waals surface area (Å²) in [6.07, 6.45) is 1.22. The molecule has 1 aliphatic rings. The average molecular weight is 446 g/mol. The Hall–Kier alpha value is -4.30. The van der Waals surface area contributed by atoms with E-state index in [0.717, 1.165) is 30.2 Å². The maximum Gasteiger partial charge on any atom is 0.287 e. The fraction of sp³-hybridized carbons (Fsp3) is 0.273. The number of nitrogens with zero attached hydrogens (tertiary/aromatic N) is 6. The van der Waals surface area contributed by atoms with Crippen LogP contribution in [0.5, 0.6) is 0 Å². The minimum Gasteiger partial charge on any atom is -0.378 e. The van der Waals surface area contributed by atoms with Crippen LogP contribution in [0.2, 0.25) is 0 Å². The molecular formula is C22H22N8O3. The summed E-state index contributed by atoms with van der Waals surface area (Å²) in [5, 5.41) is 26.1. The standard InChI is InChI=1S/C22H22N8O3/c23-14-16-1-3-17(4-2-16)19-13-21(29-9-11-33-12-10-29)28-22(27-19)25-8-7-24-20-6-5-18(15-26-20)30(31)32/h1-6,13,15H,7-12H2,(H,24,26)(H,25,27,28). The van der Waals surface area contributed by atoms with Gasteiger partial charge in [0.25, 0.3) is 5.69 Å². The van der Waals surface area contributed by atoms with Gasteiger partial charge in [0.05, 0.1) is 35.5 Å². The summed E-state index contributed by atoms with van der Waals surface area (Å²) >= 11 is 0. The second-order valence-electron chi connectivity index (χ2n) is 7.24. The molecule has 11 heteroatoms. The second kappa shape index (κ2) is 10.3. The topological polar surface area (TPSA) is 142 Å². The molecule has 0 amide bonds. The number of nitrogens with one attached hydrogen (secondary N) is 2. The van der Waals surface area contributed by atoms with Crippen LogP contribution in [0.1, 0.15) is 5.56 Å². The molecule has 1 saturated heterocycles. The SMILES string of the molecule is N#Cc1ccc(-c2cc(N3CCOCC3)nc(NCCNc3ccc([N+](=O)[O-])cn3)n2)cc1. The summed E-state index contributed by atoms with van der Waals surface area (Å²) in [6, 6.07) is 14.3. The first-order chi connectivity index (χ1) is 16.1. The number of aromatic nitrogens is 3. The van der Waals surface area contributed by atoms with Crippen LogP contribution in [0.3, 0.4) is 0 Å². The monoisotopic (exact) mass is 446 g/mol. The van der Waals surface area contributed by atoms with E-state index in [0.29, 0.717) is 43.6 Å². The van der Waals surface area contributed by atoms with Gasteiger partial charge < -0.3 is 20.3 Å². The first-order valence-electron chi connectivity index (χ1n) is 10.4. The highest BCUT2D eigenvalue weighted by atomic mass is 16.6. The lowest BCUT2D eigenvalue weighted by atomic mass is 10.1. The lowest BCUT2D eigenvalue weighted by molar-refractivity contribution is -0.385. The Morgan fingerprint density at radius 2 is 1.85 bits per heavy atom. The van der Waals surface area contributed by atoms with Gasteiger partial charge in [0.2, 0.25) is 5.95 Å². The van der Waals surface area contributed by atoms with Crippen LogP contribution in [0.15, 0.2) is 48.7 Å². The summed E-state index contributed by atoms with van der Waals surface area (Å²) in [5.41, 5.74) is 2.18. The van der Waals surface area contributed by atoms with E-state index in [9.17, 15) is 10.1 Å². The Labute approximate surface area is 190 Å². The van der Waals surface area contributed by atoms with E-state index in [2.05, 4.69) is 36.6 Å². The van der Waals surface area contributed by atoms with Gasteiger partial charge in [0.1, 0.15) is 17.8 Å². The maximum absolute atomic E-state index is 10.7. The molecule has 33 heavy (non-hydrogen) atoms. The Balaban J connectivity index is 1.46. The molecule has 1 aliphatic heterocycles. The fourth-order valence-corrected chi connectivity index (χ4v) is 3.29. The highest BCUT2D eigenvalue weighted by Gasteiger charge is 2.16. The van der Waals surface area contributed by atoms with Crippen LogP contribution in [-0.2, 0) is 4.74 Å². The van der Waals surface area contributed by atoms with Crippen molar-refractivity contribution in [1.29, 1.82) is 5.26 Å². The Morgan fingerprint density at radius 3 is 2.52 bits per heavy atom. The smallest absolute Gasteiger partial charge is 0.287 e. The third-order valence-electron chi connectivity index (χ3n) is 5.03. The molecule has 168 valence electrons. The van der Waals surface area contributed by atoms with Gasteiger partial charge in [-0.1, -0.05) is 12.1 Å². The summed E-state index contributed by atoms with van der Waals surface area (Å²) in [5.74, 6) is 1.83. The number of benzene rings is 1. The third-order valence-corrected chi connectivity index (χ3v) is 5.03. The number of morpholine rings is 1. The quantitative estimate of drug-likeness (QED) is 0.301. The van der Waals surface area contributed by atoms with Gasteiger partial charge in [-0.25, -0.2) is 9.97 Å². The maximum atomic E-state index is 10.7. The highest BCUT2D eigenvalue weighted by Crippen LogP contribution is 2.24.